The molecule has 0 aliphatic heterocycles. The van der Waals surface area contributed by atoms with Crippen LogP contribution >= 0.6 is 11.6 Å². The second-order valence-electron chi connectivity index (χ2n) is 6.60. The Labute approximate surface area is 172 Å². The van der Waals surface area contributed by atoms with Crippen LogP contribution in [0.2, 0.25) is 5.02 Å². The number of aryl methyl sites for hydroxylation is 1. The molecule has 6 heteroatoms. The first-order valence-electron chi connectivity index (χ1n) is 9.00. The maximum Gasteiger partial charge on any atom is 0.259 e. The normalized spacial score (nSPS) is 10.7. The van der Waals surface area contributed by atoms with Crippen molar-refractivity contribution in [2.24, 2.45) is 0 Å². The lowest BCUT2D eigenvalue weighted by Gasteiger charge is -2.07. The molecule has 0 radical (unpaired) electrons. The van der Waals surface area contributed by atoms with E-state index in [-0.39, 0.29) is 11.7 Å². The molecule has 0 aliphatic rings. The molecule has 0 spiro atoms. The minimum atomic E-state index is -0.350. The number of benzene rings is 3. The zero-order valence-electron chi connectivity index (χ0n) is 15.6. The van der Waals surface area contributed by atoms with Gasteiger partial charge in [-0.15, -0.1) is 0 Å². The Morgan fingerprint density at radius 1 is 1.03 bits per heavy atom. The molecule has 144 valence electrons. The van der Waals surface area contributed by atoms with Crippen LogP contribution in [0.3, 0.4) is 0 Å². The second-order valence-corrected chi connectivity index (χ2v) is 7.00. The summed E-state index contributed by atoms with van der Waals surface area (Å²) in [7, 11) is 0. The molecular weight excluding hydrogens is 389 g/mol. The predicted molar refractivity (Wildman–Crippen MR) is 113 cm³/mol. The molecule has 0 saturated carbocycles. The second kappa shape index (κ2) is 7.89. The third kappa shape index (κ3) is 4.05. The Balaban J connectivity index is 1.75. The number of rotatable bonds is 4. The van der Waals surface area contributed by atoms with Crippen molar-refractivity contribution in [2.75, 3.05) is 5.32 Å². The minimum Gasteiger partial charge on any atom is -0.322 e. The Hall–Kier alpha value is -3.44. The van der Waals surface area contributed by atoms with Crippen LogP contribution in [-0.4, -0.2) is 15.7 Å². The maximum atomic E-state index is 13.4. The molecule has 1 N–H and O–H groups in total. The first kappa shape index (κ1) is 18.9. The molecule has 3 aromatic carbocycles. The van der Waals surface area contributed by atoms with Gasteiger partial charge in [-0.25, -0.2) is 9.07 Å². The van der Waals surface area contributed by atoms with Gasteiger partial charge in [-0.3, -0.25) is 4.79 Å². The Bertz CT molecular complexity index is 1170. The molecule has 0 bridgehead atoms. The lowest BCUT2D eigenvalue weighted by atomic mass is 10.1. The van der Waals surface area contributed by atoms with E-state index in [1.807, 2.05) is 43.3 Å². The van der Waals surface area contributed by atoms with E-state index in [1.54, 1.807) is 35.1 Å². The largest absolute Gasteiger partial charge is 0.322 e. The Morgan fingerprint density at radius 3 is 2.45 bits per heavy atom. The number of para-hydroxylation sites is 1. The van der Waals surface area contributed by atoms with Crippen LogP contribution in [0.15, 0.2) is 79.0 Å². The number of carbonyl (C=O) groups excluding carboxylic acids is 1. The maximum absolute atomic E-state index is 13.4. The topological polar surface area (TPSA) is 46.9 Å². The first-order valence-corrected chi connectivity index (χ1v) is 9.37. The van der Waals surface area contributed by atoms with Crippen molar-refractivity contribution in [3.63, 3.8) is 0 Å². The number of nitrogens with one attached hydrogen (secondary N) is 1. The van der Waals surface area contributed by atoms with Gasteiger partial charge in [-0.05, 0) is 61.0 Å². The van der Waals surface area contributed by atoms with E-state index < -0.39 is 0 Å². The Morgan fingerprint density at radius 2 is 1.76 bits per heavy atom. The van der Waals surface area contributed by atoms with Crippen LogP contribution in [-0.2, 0) is 0 Å². The molecule has 29 heavy (non-hydrogen) atoms. The molecule has 1 aromatic heterocycles. The number of anilines is 1. The smallest absolute Gasteiger partial charge is 0.259 e. The van der Waals surface area contributed by atoms with Crippen LogP contribution in [0.1, 0.15) is 15.9 Å². The van der Waals surface area contributed by atoms with Gasteiger partial charge in [0.15, 0.2) is 0 Å². The highest BCUT2D eigenvalue weighted by atomic mass is 35.5. The average molecular weight is 406 g/mol. The fraction of sp³-hybridized carbons (Fsp3) is 0.0435. The van der Waals surface area contributed by atoms with Crippen LogP contribution in [0.5, 0.6) is 0 Å². The van der Waals surface area contributed by atoms with Gasteiger partial charge in [0.2, 0.25) is 0 Å². The number of carbonyl (C=O) groups is 1. The third-order valence-corrected chi connectivity index (χ3v) is 4.93. The van der Waals surface area contributed by atoms with Gasteiger partial charge >= 0.3 is 0 Å². The molecule has 0 fully saturated rings. The van der Waals surface area contributed by atoms with Gasteiger partial charge in [0.25, 0.3) is 5.91 Å². The van der Waals surface area contributed by atoms with Crippen LogP contribution in [0.4, 0.5) is 10.1 Å². The summed E-state index contributed by atoms with van der Waals surface area (Å²) in [6.45, 7) is 1.89. The standard InChI is InChI=1S/C23H17ClFN3O/c1-15-7-12-18(13-21(15)24)26-23(29)20-14-28(19-5-3-2-4-6-19)27-22(20)16-8-10-17(25)11-9-16/h2-14H,1H3,(H,26,29). The van der Waals surface area contributed by atoms with Crippen LogP contribution < -0.4 is 5.32 Å². The predicted octanol–water partition coefficient (Wildman–Crippen LogP) is 5.89. The summed E-state index contributed by atoms with van der Waals surface area (Å²) in [4.78, 5) is 13.0. The van der Waals surface area contributed by atoms with Crippen LogP contribution in [0.25, 0.3) is 16.9 Å². The summed E-state index contributed by atoms with van der Waals surface area (Å²) in [6.07, 6.45) is 1.67. The lowest BCUT2D eigenvalue weighted by Crippen LogP contribution is -2.12. The highest BCUT2D eigenvalue weighted by molar-refractivity contribution is 6.31. The van der Waals surface area contributed by atoms with Gasteiger partial charge in [-0.1, -0.05) is 35.9 Å². The van der Waals surface area contributed by atoms with E-state index in [0.717, 1.165) is 11.3 Å². The molecule has 1 amide bonds. The minimum absolute atomic E-state index is 0.327. The van der Waals surface area contributed by atoms with Gasteiger partial charge in [0, 0.05) is 22.5 Å². The number of hydrogen-bond donors (Lipinski definition) is 1. The van der Waals surface area contributed by atoms with Gasteiger partial charge in [0.05, 0.1) is 11.3 Å². The van der Waals surface area contributed by atoms with Crippen molar-refractivity contribution in [3.8, 4) is 16.9 Å². The fourth-order valence-corrected chi connectivity index (χ4v) is 3.12. The monoisotopic (exact) mass is 405 g/mol. The highest BCUT2D eigenvalue weighted by Crippen LogP contribution is 2.26. The quantitative estimate of drug-likeness (QED) is 0.460. The first-order chi connectivity index (χ1) is 14.0. The summed E-state index contributed by atoms with van der Waals surface area (Å²) in [6, 6.07) is 20.7. The van der Waals surface area contributed by atoms with E-state index in [4.69, 9.17) is 11.6 Å². The zero-order chi connectivity index (χ0) is 20.4. The van der Waals surface area contributed by atoms with E-state index >= 15 is 0 Å². The molecule has 4 rings (SSSR count). The fourth-order valence-electron chi connectivity index (χ4n) is 2.94. The molecule has 0 saturated heterocycles. The van der Waals surface area contributed by atoms with E-state index in [1.165, 1.54) is 12.1 Å². The summed E-state index contributed by atoms with van der Waals surface area (Å²) in [5, 5.41) is 8.01. The number of aromatic nitrogens is 2. The number of amides is 1. The van der Waals surface area contributed by atoms with E-state index in [0.29, 0.717) is 27.5 Å². The van der Waals surface area contributed by atoms with Crippen LogP contribution in [0, 0.1) is 12.7 Å². The third-order valence-electron chi connectivity index (χ3n) is 4.53. The Kier molecular flexibility index (Phi) is 5.14. The lowest BCUT2D eigenvalue weighted by molar-refractivity contribution is 0.102. The molecular formula is C23H17ClFN3O. The average Bonchev–Trinajstić information content (AvgIpc) is 3.18. The summed E-state index contributed by atoms with van der Waals surface area (Å²) in [5.74, 6) is -0.678. The zero-order valence-corrected chi connectivity index (χ0v) is 16.3. The SMILES string of the molecule is Cc1ccc(NC(=O)c2cn(-c3ccccc3)nc2-c2ccc(F)cc2)cc1Cl. The van der Waals surface area contributed by atoms with Gasteiger partial charge < -0.3 is 5.32 Å². The van der Waals surface area contributed by atoms with E-state index in [2.05, 4.69) is 10.4 Å². The van der Waals surface area contributed by atoms with Crippen molar-refractivity contribution in [2.45, 2.75) is 6.92 Å². The van der Waals surface area contributed by atoms with Crippen molar-refractivity contribution in [1.29, 1.82) is 0 Å². The molecule has 4 nitrogen and oxygen atoms in total. The summed E-state index contributed by atoms with van der Waals surface area (Å²) >= 11 is 6.17. The van der Waals surface area contributed by atoms with E-state index in [9.17, 15) is 9.18 Å². The number of halogens is 2. The van der Waals surface area contributed by atoms with Gasteiger partial charge in [-0.2, -0.15) is 5.10 Å². The molecule has 4 aromatic rings. The molecule has 0 atom stereocenters. The highest BCUT2D eigenvalue weighted by Gasteiger charge is 2.19. The van der Waals surface area contributed by atoms with Crippen molar-refractivity contribution >= 4 is 23.2 Å². The molecule has 0 unspecified atom stereocenters. The number of hydrogen-bond acceptors (Lipinski definition) is 2. The van der Waals surface area contributed by atoms with Gasteiger partial charge in [0.1, 0.15) is 11.5 Å². The molecule has 0 aliphatic carbocycles. The van der Waals surface area contributed by atoms with Crippen molar-refractivity contribution < 1.29 is 9.18 Å². The summed E-state index contributed by atoms with van der Waals surface area (Å²) < 4.78 is 15.0. The number of nitrogens with zero attached hydrogens (tertiary/aromatic N) is 2. The summed E-state index contributed by atoms with van der Waals surface area (Å²) in [5.41, 5.74) is 3.81. The van der Waals surface area contributed by atoms with Crippen molar-refractivity contribution in [3.05, 3.63) is 101 Å². The van der Waals surface area contributed by atoms with Crippen molar-refractivity contribution in [1.82, 2.24) is 9.78 Å². The molecule has 1 heterocycles.